The Morgan fingerprint density at radius 1 is 1.06 bits per heavy atom. The number of benzene rings is 1. The quantitative estimate of drug-likeness (QED) is 0.801. The molecule has 3 heteroatoms. The molecule has 3 rings (SSSR count). The fourth-order valence-electron chi connectivity index (χ4n) is 2.91. The van der Waals surface area contributed by atoms with Gasteiger partial charge in [0, 0.05) is 26.1 Å². The van der Waals surface area contributed by atoms with E-state index >= 15 is 0 Å². The van der Waals surface area contributed by atoms with Gasteiger partial charge < -0.3 is 9.47 Å². The summed E-state index contributed by atoms with van der Waals surface area (Å²) in [6.45, 7) is 4.68. The molecule has 0 bridgehead atoms. The molecule has 2 saturated heterocycles. The lowest BCUT2D eigenvalue weighted by Crippen LogP contribution is -2.48. The van der Waals surface area contributed by atoms with E-state index in [2.05, 4.69) is 35.2 Å². The first-order valence-electron chi connectivity index (χ1n) is 6.84. The maximum atomic E-state index is 5.86. The molecule has 1 aromatic rings. The molecule has 0 unspecified atom stereocenters. The van der Waals surface area contributed by atoms with Crippen LogP contribution in [0.25, 0.3) is 0 Å². The number of hydrogen-bond acceptors (Lipinski definition) is 3. The Hall–Kier alpha value is -0.900. The summed E-state index contributed by atoms with van der Waals surface area (Å²) in [6.07, 6.45) is 3.35. The maximum absolute atomic E-state index is 5.86. The molecule has 0 saturated carbocycles. The molecule has 1 spiro atoms. The molecule has 0 N–H and O–H groups in total. The second kappa shape index (κ2) is 5.39. The standard InChI is InChI=1S/C15H21NO2/c1-2-4-14(5-3-1)12-16-9-6-15(7-10-16)8-11-17-13-18-15/h1-5H,6-13H2. The van der Waals surface area contributed by atoms with Crippen molar-refractivity contribution in [3.05, 3.63) is 35.9 Å². The van der Waals surface area contributed by atoms with E-state index in [0.29, 0.717) is 6.79 Å². The Morgan fingerprint density at radius 3 is 2.50 bits per heavy atom. The minimum Gasteiger partial charge on any atom is -0.355 e. The summed E-state index contributed by atoms with van der Waals surface area (Å²) in [5, 5.41) is 0. The van der Waals surface area contributed by atoms with Crippen molar-refractivity contribution in [2.24, 2.45) is 0 Å². The Labute approximate surface area is 109 Å². The van der Waals surface area contributed by atoms with Crippen molar-refractivity contribution in [1.29, 1.82) is 0 Å². The maximum Gasteiger partial charge on any atom is 0.147 e. The molecule has 2 aliphatic heterocycles. The van der Waals surface area contributed by atoms with Crippen LogP contribution in [0.2, 0.25) is 0 Å². The molecular formula is C15H21NO2. The summed E-state index contributed by atoms with van der Waals surface area (Å²) in [4.78, 5) is 2.53. The average molecular weight is 247 g/mol. The highest BCUT2D eigenvalue weighted by atomic mass is 16.7. The van der Waals surface area contributed by atoms with E-state index in [9.17, 15) is 0 Å². The second-order valence-corrected chi connectivity index (χ2v) is 5.37. The first-order valence-corrected chi connectivity index (χ1v) is 6.84. The minimum atomic E-state index is 0.117. The first-order chi connectivity index (χ1) is 8.86. The predicted octanol–water partition coefficient (Wildman–Crippen LogP) is 2.42. The molecule has 0 amide bonds. The highest BCUT2D eigenvalue weighted by Crippen LogP contribution is 2.32. The molecule has 3 nitrogen and oxygen atoms in total. The zero-order valence-electron chi connectivity index (χ0n) is 10.8. The number of hydrogen-bond donors (Lipinski definition) is 0. The Morgan fingerprint density at radius 2 is 1.83 bits per heavy atom. The molecule has 2 aliphatic rings. The van der Waals surface area contributed by atoms with Crippen molar-refractivity contribution in [2.45, 2.75) is 31.4 Å². The van der Waals surface area contributed by atoms with Crippen LogP contribution in [0.5, 0.6) is 0 Å². The largest absolute Gasteiger partial charge is 0.355 e. The summed E-state index contributed by atoms with van der Waals surface area (Å²) in [5.41, 5.74) is 1.52. The third kappa shape index (κ3) is 2.74. The normalized spacial score (nSPS) is 24.2. The number of rotatable bonds is 2. The Kier molecular flexibility index (Phi) is 3.64. The van der Waals surface area contributed by atoms with Crippen LogP contribution in [0.15, 0.2) is 30.3 Å². The molecule has 2 fully saturated rings. The van der Waals surface area contributed by atoms with Gasteiger partial charge in [0.2, 0.25) is 0 Å². The topological polar surface area (TPSA) is 21.7 Å². The van der Waals surface area contributed by atoms with Crippen molar-refractivity contribution >= 4 is 0 Å². The van der Waals surface area contributed by atoms with Crippen LogP contribution in [0.1, 0.15) is 24.8 Å². The molecule has 0 radical (unpaired) electrons. The van der Waals surface area contributed by atoms with Gasteiger partial charge in [0.15, 0.2) is 0 Å². The molecular weight excluding hydrogens is 226 g/mol. The van der Waals surface area contributed by atoms with Gasteiger partial charge in [-0.25, -0.2) is 0 Å². The Balaban J connectivity index is 1.54. The Bertz CT molecular complexity index is 363. The molecule has 18 heavy (non-hydrogen) atoms. The van der Waals surface area contributed by atoms with Crippen LogP contribution in [0.4, 0.5) is 0 Å². The average Bonchev–Trinajstić information content (AvgIpc) is 2.44. The van der Waals surface area contributed by atoms with Crippen LogP contribution >= 0.6 is 0 Å². The predicted molar refractivity (Wildman–Crippen MR) is 70.2 cm³/mol. The summed E-state index contributed by atoms with van der Waals surface area (Å²) >= 11 is 0. The minimum absolute atomic E-state index is 0.117. The van der Waals surface area contributed by atoms with Crippen LogP contribution in [0.3, 0.4) is 0 Å². The summed E-state index contributed by atoms with van der Waals surface area (Å²) in [7, 11) is 0. The van der Waals surface area contributed by atoms with Crippen LogP contribution in [0, 0.1) is 0 Å². The van der Waals surface area contributed by atoms with Crippen molar-refractivity contribution in [1.82, 2.24) is 4.90 Å². The number of likely N-dealkylation sites (tertiary alicyclic amines) is 1. The molecule has 98 valence electrons. The fourth-order valence-corrected chi connectivity index (χ4v) is 2.91. The third-order valence-corrected chi connectivity index (χ3v) is 4.17. The molecule has 0 atom stereocenters. The van der Waals surface area contributed by atoms with Crippen molar-refractivity contribution in [2.75, 3.05) is 26.5 Å². The SMILES string of the molecule is c1ccc(CN2CCC3(CCOCO3)CC2)cc1. The molecule has 0 aliphatic carbocycles. The third-order valence-electron chi connectivity index (χ3n) is 4.17. The second-order valence-electron chi connectivity index (χ2n) is 5.37. The monoisotopic (exact) mass is 247 g/mol. The summed E-state index contributed by atoms with van der Waals surface area (Å²) in [6, 6.07) is 10.7. The lowest BCUT2D eigenvalue weighted by Gasteiger charge is -2.43. The highest BCUT2D eigenvalue weighted by Gasteiger charge is 2.37. The van der Waals surface area contributed by atoms with Gasteiger partial charge in [-0.2, -0.15) is 0 Å². The van der Waals surface area contributed by atoms with Gasteiger partial charge in [0.25, 0.3) is 0 Å². The van der Waals surface area contributed by atoms with E-state index in [1.165, 1.54) is 5.56 Å². The van der Waals surface area contributed by atoms with Crippen LogP contribution < -0.4 is 0 Å². The van der Waals surface area contributed by atoms with Gasteiger partial charge in [0.1, 0.15) is 6.79 Å². The zero-order chi connectivity index (χ0) is 12.3. The smallest absolute Gasteiger partial charge is 0.147 e. The van der Waals surface area contributed by atoms with Gasteiger partial charge in [-0.05, 0) is 18.4 Å². The van der Waals surface area contributed by atoms with Crippen LogP contribution in [-0.2, 0) is 16.0 Å². The van der Waals surface area contributed by atoms with Gasteiger partial charge in [-0.1, -0.05) is 30.3 Å². The lowest BCUT2D eigenvalue weighted by atomic mass is 9.87. The first kappa shape index (κ1) is 12.2. The van der Waals surface area contributed by atoms with Gasteiger partial charge in [-0.3, -0.25) is 4.90 Å². The van der Waals surface area contributed by atoms with E-state index in [1.807, 2.05) is 0 Å². The van der Waals surface area contributed by atoms with Gasteiger partial charge in [-0.15, -0.1) is 0 Å². The van der Waals surface area contributed by atoms with Crippen LogP contribution in [-0.4, -0.2) is 37.0 Å². The van der Waals surface area contributed by atoms with Gasteiger partial charge in [0.05, 0.1) is 12.2 Å². The van der Waals surface area contributed by atoms with Gasteiger partial charge >= 0.3 is 0 Å². The van der Waals surface area contributed by atoms with E-state index in [-0.39, 0.29) is 5.60 Å². The molecule has 2 heterocycles. The number of piperidine rings is 1. The van der Waals surface area contributed by atoms with E-state index in [0.717, 1.165) is 45.5 Å². The summed E-state index contributed by atoms with van der Waals surface area (Å²) in [5.74, 6) is 0. The highest BCUT2D eigenvalue weighted by molar-refractivity contribution is 5.14. The lowest BCUT2D eigenvalue weighted by molar-refractivity contribution is -0.209. The molecule has 1 aromatic carbocycles. The van der Waals surface area contributed by atoms with E-state index in [4.69, 9.17) is 9.47 Å². The van der Waals surface area contributed by atoms with Crippen molar-refractivity contribution < 1.29 is 9.47 Å². The zero-order valence-corrected chi connectivity index (χ0v) is 10.8. The van der Waals surface area contributed by atoms with Crippen molar-refractivity contribution in [3.8, 4) is 0 Å². The summed E-state index contributed by atoms with van der Waals surface area (Å²) < 4.78 is 11.1. The van der Waals surface area contributed by atoms with Crippen molar-refractivity contribution in [3.63, 3.8) is 0 Å². The van der Waals surface area contributed by atoms with E-state index < -0.39 is 0 Å². The van der Waals surface area contributed by atoms with E-state index in [1.54, 1.807) is 0 Å². The molecule has 0 aromatic heterocycles. The number of ether oxygens (including phenoxy) is 2. The fraction of sp³-hybridized carbons (Fsp3) is 0.600. The number of nitrogens with zero attached hydrogens (tertiary/aromatic N) is 1.